The van der Waals surface area contributed by atoms with E-state index in [1.54, 1.807) is 11.0 Å². The van der Waals surface area contributed by atoms with Crippen molar-refractivity contribution < 1.29 is 17.6 Å². The molecule has 2 aromatic carbocycles. The second-order valence-corrected chi connectivity index (χ2v) is 8.59. The molecule has 0 aliphatic carbocycles. The van der Waals surface area contributed by atoms with Gasteiger partial charge in [0.1, 0.15) is 5.82 Å². The molecular weight excluding hydrogens is 341 g/mol. The van der Waals surface area contributed by atoms with Gasteiger partial charge in [-0.3, -0.25) is 4.79 Å². The molecule has 1 heterocycles. The number of aryl methyl sites for hydroxylation is 1. The summed E-state index contributed by atoms with van der Waals surface area (Å²) < 4.78 is 38.3. The quantitative estimate of drug-likeness (QED) is 0.789. The van der Waals surface area contributed by atoms with Crippen LogP contribution in [0.1, 0.15) is 28.8 Å². The minimum absolute atomic E-state index is 0.0682. The van der Waals surface area contributed by atoms with Gasteiger partial charge in [-0.15, -0.1) is 0 Å². The minimum Gasteiger partial charge on any atom is -0.339 e. The summed E-state index contributed by atoms with van der Waals surface area (Å²) in [5.41, 5.74) is 1.64. The molecule has 0 unspecified atom stereocenters. The zero-order valence-electron chi connectivity index (χ0n) is 14.0. The number of hydrogen-bond donors (Lipinski definition) is 0. The van der Waals surface area contributed by atoms with E-state index in [-0.39, 0.29) is 10.8 Å². The zero-order valence-corrected chi connectivity index (χ0v) is 14.8. The van der Waals surface area contributed by atoms with Crippen molar-refractivity contribution in [2.24, 2.45) is 0 Å². The number of likely N-dealkylation sites (tertiary alicyclic amines) is 1. The standard InChI is InChI=1S/C19H20FNO3S/c1-14-3-2-4-15(13-14)19(22)21-11-9-18(10-12-21)25(23,24)17-7-5-16(20)6-8-17/h2-8,13,18H,9-12H2,1H3. The SMILES string of the molecule is Cc1cccc(C(=O)N2CCC(S(=O)(=O)c3ccc(F)cc3)CC2)c1. The van der Waals surface area contributed by atoms with E-state index in [1.165, 1.54) is 12.1 Å². The molecular formula is C19H20FNO3S. The summed E-state index contributed by atoms with van der Waals surface area (Å²) in [7, 11) is -3.50. The molecule has 0 atom stereocenters. The van der Waals surface area contributed by atoms with E-state index in [9.17, 15) is 17.6 Å². The number of hydrogen-bond acceptors (Lipinski definition) is 3. The summed E-state index contributed by atoms with van der Waals surface area (Å²) in [6, 6.07) is 12.3. The smallest absolute Gasteiger partial charge is 0.253 e. The van der Waals surface area contributed by atoms with E-state index >= 15 is 0 Å². The van der Waals surface area contributed by atoms with Gasteiger partial charge in [-0.1, -0.05) is 17.7 Å². The van der Waals surface area contributed by atoms with E-state index in [2.05, 4.69) is 0 Å². The number of rotatable bonds is 3. The number of sulfone groups is 1. The third-order valence-electron chi connectivity index (χ3n) is 4.58. The average Bonchev–Trinajstić information content (AvgIpc) is 2.61. The van der Waals surface area contributed by atoms with Crippen molar-refractivity contribution in [3.8, 4) is 0 Å². The normalized spacial score (nSPS) is 16.0. The van der Waals surface area contributed by atoms with Gasteiger partial charge < -0.3 is 4.90 Å². The van der Waals surface area contributed by atoms with Gasteiger partial charge in [0.25, 0.3) is 5.91 Å². The number of piperidine rings is 1. The lowest BCUT2D eigenvalue weighted by molar-refractivity contribution is 0.0725. The van der Waals surface area contributed by atoms with Crippen molar-refractivity contribution in [2.45, 2.75) is 29.9 Å². The number of carbonyl (C=O) groups excluding carboxylic acids is 1. The Hall–Kier alpha value is -2.21. The van der Waals surface area contributed by atoms with E-state index in [0.717, 1.165) is 17.7 Å². The van der Waals surface area contributed by atoms with E-state index in [0.29, 0.717) is 31.5 Å². The first-order chi connectivity index (χ1) is 11.9. The number of nitrogens with zero attached hydrogens (tertiary/aromatic N) is 1. The Morgan fingerprint density at radius 1 is 1.08 bits per heavy atom. The van der Waals surface area contributed by atoms with Gasteiger partial charge >= 0.3 is 0 Å². The van der Waals surface area contributed by atoms with Crippen molar-refractivity contribution >= 4 is 15.7 Å². The molecule has 0 aromatic heterocycles. The van der Waals surface area contributed by atoms with E-state index in [4.69, 9.17) is 0 Å². The minimum atomic E-state index is -3.50. The summed E-state index contributed by atoms with van der Waals surface area (Å²) in [4.78, 5) is 14.4. The highest BCUT2D eigenvalue weighted by atomic mass is 32.2. The molecule has 0 spiro atoms. The van der Waals surface area contributed by atoms with Gasteiger partial charge in [0.05, 0.1) is 10.1 Å². The van der Waals surface area contributed by atoms with Crippen LogP contribution in [0.25, 0.3) is 0 Å². The lowest BCUT2D eigenvalue weighted by Gasteiger charge is -2.32. The van der Waals surface area contributed by atoms with Crippen LogP contribution in [0.15, 0.2) is 53.4 Å². The van der Waals surface area contributed by atoms with Gasteiger partial charge in [0.2, 0.25) is 0 Å². The van der Waals surface area contributed by atoms with E-state index < -0.39 is 20.9 Å². The Kier molecular flexibility index (Phi) is 4.90. The molecule has 0 N–H and O–H groups in total. The monoisotopic (exact) mass is 361 g/mol. The highest BCUT2D eigenvalue weighted by molar-refractivity contribution is 7.92. The molecule has 0 bridgehead atoms. The Morgan fingerprint density at radius 2 is 1.72 bits per heavy atom. The third-order valence-corrected chi connectivity index (χ3v) is 6.85. The number of halogens is 1. The Labute approximate surface area is 147 Å². The topological polar surface area (TPSA) is 54.5 Å². The summed E-state index contributed by atoms with van der Waals surface area (Å²) in [5.74, 6) is -0.529. The second kappa shape index (κ2) is 6.96. The van der Waals surface area contributed by atoms with Crippen LogP contribution < -0.4 is 0 Å². The van der Waals surface area contributed by atoms with Crippen LogP contribution in [-0.4, -0.2) is 37.6 Å². The van der Waals surface area contributed by atoms with Crippen molar-refractivity contribution in [1.29, 1.82) is 0 Å². The summed E-state index contributed by atoms with van der Waals surface area (Å²) in [6.45, 7) is 2.73. The van der Waals surface area contributed by atoms with Crippen LogP contribution in [0.2, 0.25) is 0 Å². The van der Waals surface area contributed by atoms with Gasteiger partial charge in [0, 0.05) is 18.7 Å². The average molecular weight is 361 g/mol. The van der Waals surface area contributed by atoms with Crippen LogP contribution in [0.3, 0.4) is 0 Å². The summed E-state index contributed by atoms with van der Waals surface area (Å²) >= 11 is 0. The summed E-state index contributed by atoms with van der Waals surface area (Å²) in [6.07, 6.45) is 0.772. The first-order valence-electron chi connectivity index (χ1n) is 8.23. The Bertz CT molecular complexity index is 870. The van der Waals surface area contributed by atoms with Gasteiger partial charge in [-0.05, 0) is 56.2 Å². The lowest BCUT2D eigenvalue weighted by atomic mass is 10.1. The fraction of sp³-hybridized carbons (Fsp3) is 0.316. The highest BCUT2D eigenvalue weighted by Crippen LogP contribution is 2.25. The van der Waals surface area contributed by atoms with Crippen LogP contribution in [0, 0.1) is 12.7 Å². The van der Waals surface area contributed by atoms with Crippen molar-refractivity contribution in [2.75, 3.05) is 13.1 Å². The molecule has 132 valence electrons. The fourth-order valence-electron chi connectivity index (χ4n) is 3.15. The van der Waals surface area contributed by atoms with Crippen LogP contribution >= 0.6 is 0 Å². The molecule has 1 fully saturated rings. The van der Waals surface area contributed by atoms with E-state index in [1.807, 2.05) is 25.1 Å². The molecule has 2 aromatic rings. The molecule has 0 saturated carbocycles. The first kappa shape index (κ1) is 17.6. The predicted molar refractivity (Wildman–Crippen MR) is 93.7 cm³/mol. The number of carbonyl (C=O) groups is 1. The molecule has 6 heteroatoms. The molecule has 1 aliphatic rings. The van der Waals surface area contributed by atoms with Crippen LogP contribution in [0.4, 0.5) is 4.39 Å². The molecule has 0 radical (unpaired) electrons. The number of amides is 1. The maximum absolute atomic E-state index is 13.0. The molecule has 1 saturated heterocycles. The molecule has 1 amide bonds. The lowest BCUT2D eigenvalue weighted by Crippen LogP contribution is -2.42. The summed E-state index contributed by atoms with van der Waals surface area (Å²) in [5, 5.41) is -0.542. The number of benzene rings is 2. The van der Waals surface area contributed by atoms with Crippen molar-refractivity contribution in [3.05, 3.63) is 65.5 Å². The van der Waals surface area contributed by atoms with Gasteiger partial charge in [-0.2, -0.15) is 0 Å². The Morgan fingerprint density at radius 3 is 2.32 bits per heavy atom. The first-order valence-corrected chi connectivity index (χ1v) is 9.78. The van der Waals surface area contributed by atoms with Gasteiger partial charge in [0.15, 0.2) is 9.84 Å². The third kappa shape index (κ3) is 3.74. The fourth-order valence-corrected chi connectivity index (χ4v) is 4.88. The molecule has 4 nitrogen and oxygen atoms in total. The van der Waals surface area contributed by atoms with Crippen molar-refractivity contribution in [1.82, 2.24) is 4.90 Å². The molecule has 3 rings (SSSR count). The van der Waals surface area contributed by atoms with Gasteiger partial charge in [-0.25, -0.2) is 12.8 Å². The second-order valence-electron chi connectivity index (χ2n) is 6.36. The maximum atomic E-state index is 13.0. The molecule has 1 aliphatic heterocycles. The predicted octanol–water partition coefficient (Wildman–Crippen LogP) is 3.21. The highest BCUT2D eigenvalue weighted by Gasteiger charge is 2.32. The molecule has 25 heavy (non-hydrogen) atoms. The van der Waals surface area contributed by atoms with Crippen molar-refractivity contribution in [3.63, 3.8) is 0 Å². The van der Waals surface area contributed by atoms with Crippen LogP contribution in [0.5, 0.6) is 0 Å². The van der Waals surface area contributed by atoms with Crippen LogP contribution in [-0.2, 0) is 9.84 Å². The zero-order chi connectivity index (χ0) is 18.0. The largest absolute Gasteiger partial charge is 0.339 e. The maximum Gasteiger partial charge on any atom is 0.253 e. The Balaban J connectivity index is 1.69.